The number of aromatic amines is 1. The van der Waals surface area contributed by atoms with Crippen molar-refractivity contribution in [2.75, 3.05) is 13.1 Å². The first kappa shape index (κ1) is 16.5. The van der Waals surface area contributed by atoms with Gasteiger partial charge >= 0.3 is 0 Å². The lowest BCUT2D eigenvalue weighted by Gasteiger charge is -2.31. The Balaban J connectivity index is 1.97. The minimum Gasteiger partial charge on any atom is -0.339 e. The number of aryl methyl sites for hydroxylation is 1. The molecule has 1 aliphatic rings. The van der Waals surface area contributed by atoms with Gasteiger partial charge < -0.3 is 9.88 Å². The quantitative estimate of drug-likeness (QED) is 0.915. The number of carbonyl (C=O) groups excluding carboxylic acids is 1. The standard InChI is InChI=1S/C17H17F3N2O2/c1-9-6-11-12(8-14(23)21-15(11)13(18)7-9)17(24)22-4-2-10(3-5-22)16(19)20/h6-8,10,16H,2-5H2,1H3,(H,21,23). The zero-order valence-corrected chi connectivity index (χ0v) is 13.1. The van der Waals surface area contributed by atoms with Crippen LogP contribution in [0, 0.1) is 18.7 Å². The maximum atomic E-state index is 14.1. The Morgan fingerprint density at radius 1 is 1.25 bits per heavy atom. The van der Waals surface area contributed by atoms with Crippen LogP contribution in [0.25, 0.3) is 10.9 Å². The van der Waals surface area contributed by atoms with Crippen molar-refractivity contribution in [1.82, 2.24) is 9.88 Å². The van der Waals surface area contributed by atoms with Crippen molar-refractivity contribution in [2.24, 2.45) is 5.92 Å². The Kier molecular flexibility index (Phi) is 4.34. The molecule has 4 nitrogen and oxygen atoms in total. The van der Waals surface area contributed by atoms with Gasteiger partial charge in [0.2, 0.25) is 12.0 Å². The minimum absolute atomic E-state index is 0.0149. The minimum atomic E-state index is -2.39. The van der Waals surface area contributed by atoms with Gasteiger partial charge in [-0.3, -0.25) is 9.59 Å². The van der Waals surface area contributed by atoms with Gasteiger partial charge in [0.25, 0.3) is 5.91 Å². The lowest BCUT2D eigenvalue weighted by molar-refractivity contribution is 0.0312. The maximum Gasteiger partial charge on any atom is 0.254 e. The average Bonchev–Trinajstić information content (AvgIpc) is 2.54. The van der Waals surface area contributed by atoms with Crippen molar-refractivity contribution in [2.45, 2.75) is 26.2 Å². The predicted octanol–water partition coefficient (Wildman–Crippen LogP) is 3.09. The van der Waals surface area contributed by atoms with Crippen LogP contribution in [0.4, 0.5) is 13.2 Å². The summed E-state index contributed by atoms with van der Waals surface area (Å²) < 4.78 is 39.5. The number of hydrogen-bond donors (Lipinski definition) is 1. The third kappa shape index (κ3) is 3.02. The molecule has 128 valence electrons. The Hall–Kier alpha value is -2.31. The summed E-state index contributed by atoms with van der Waals surface area (Å²) in [5.74, 6) is -1.73. The molecule has 0 radical (unpaired) electrons. The molecule has 1 fully saturated rings. The molecule has 0 bridgehead atoms. The Bertz CT molecular complexity index is 840. The summed E-state index contributed by atoms with van der Waals surface area (Å²) >= 11 is 0. The number of H-pyrrole nitrogens is 1. The van der Waals surface area contributed by atoms with E-state index in [4.69, 9.17) is 0 Å². The van der Waals surface area contributed by atoms with Gasteiger partial charge in [0.05, 0.1) is 11.1 Å². The van der Waals surface area contributed by atoms with Crippen LogP contribution >= 0.6 is 0 Å². The van der Waals surface area contributed by atoms with E-state index in [1.54, 1.807) is 13.0 Å². The number of amides is 1. The van der Waals surface area contributed by atoms with E-state index in [2.05, 4.69) is 4.98 Å². The summed E-state index contributed by atoms with van der Waals surface area (Å²) in [6.07, 6.45) is -1.95. The van der Waals surface area contributed by atoms with Crippen LogP contribution in [0.5, 0.6) is 0 Å². The number of benzene rings is 1. The zero-order chi connectivity index (χ0) is 17.4. The van der Waals surface area contributed by atoms with Crippen molar-refractivity contribution in [3.63, 3.8) is 0 Å². The van der Waals surface area contributed by atoms with E-state index in [9.17, 15) is 22.8 Å². The third-order valence-corrected chi connectivity index (χ3v) is 4.46. The van der Waals surface area contributed by atoms with Crippen LogP contribution < -0.4 is 5.56 Å². The Labute approximate surface area is 136 Å². The van der Waals surface area contributed by atoms with Crippen molar-refractivity contribution in [1.29, 1.82) is 0 Å². The first-order valence-electron chi connectivity index (χ1n) is 7.77. The van der Waals surface area contributed by atoms with Crippen LogP contribution in [0.3, 0.4) is 0 Å². The number of nitrogens with zero attached hydrogens (tertiary/aromatic N) is 1. The van der Waals surface area contributed by atoms with Crippen LogP contribution in [0.2, 0.25) is 0 Å². The molecule has 2 heterocycles. The summed E-state index contributed by atoms with van der Waals surface area (Å²) in [5, 5.41) is 0.327. The van der Waals surface area contributed by atoms with Gasteiger partial charge in [-0.05, 0) is 37.5 Å². The fourth-order valence-electron chi connectivity index (χ4n) is 3.15. The molecule has 1 saturated heterocycles. The molecule has 1 aromatic carbocycles. The second kappa shape index (κ2) is 6.30. The summed E-state index contributed by atoms with van der Waals surface area (Å²) in [7, 11) is 0. The molecule has 24 heavy (non-hydrogen) atoms. The number of piperidine rings is 1. The number of pyridine rings is 1. The van der Waals surface area contributed by atoms with Crippen molar-refractivity contribution in [3.8, 4) is 0 Å². The van der Waals surface area contributed by atoms with Crippen molar-refractivity contribution in [3.05, 3.63) is 45.5 Å². The molecule has 7 heteroatoms. The molecule has 3 rings (SSSR count). The van der Waals surface area contributed by atoms with Crippen LogP contribution in [-0.4, -0.2) is 35.3 Å². The second-order valence-corrected chi connectivity index (χ2v) is 6.18. The lowest BCUT2D eigenvalue weighted by Crippen LogP contribution is -2.40. The van der Waals surface area contributed by atoms with Crippen molar-refractivity contribution >= 4 is 16.8 Å². The number of alkyl halides is 2. The maximum absolute atomic E-state index is 14.1. The average molecular weight is 338 g/mol. The fourth-order valence-corrected chi connectivity index (χ4v) is 3.15. The molecular formula is C17H17F3N2O2. The van der Waals surface area contributed by atoms with E-state index < -0.39 is 29.6 Å². The number of nitrogens with one attached hydrogen (secondary N) is 1. The first-order valence-corrected chi connectivity index (χ1v) is 7.77. The number of aromatic nitrogens is 1. The predicted molar refractivity (Wildman–Crippen MR) is 83.9 cm³/mol. The van der Waals surface area contributed by atoms with Crippen LogP contribution in [-0.2, 0) is 0 Å². The Morgan fingerprint density at radius 2 is 1.92 bits per heavy atom. The smallest absolute Gasteiger partial charge is 0.254 e. The van der Waals surface area contributed by atoms with E-state index in [1.165, 1.54) is 11.0 Å². The summed E-state index contributed by atoms with van der Waals surface area (Å²) in [5.41, 5.74) is 0.138. The van der Waals surface area contributed by atoms with E-state index in [-0.39, 0.29) is 37.0 Å². The SMILES string of the molecule is Cc1cc(F)c2[nH]c(=O)cc(C(=O)N3CCC(C(F)F)CC3)c2c1. The summed E-state index contributed by atoms with van der Waals surface area (Å²) in [6.45, 7) is 2.10. The lowest BCUT2D eigenvalue weighted by atomic mass is 9.96. The number of rotatable bonds is 2. The number of halogens is 3. The van der Waals surface area contributed by atoms with E-state index in [0.717, 1.165) is 6.07 Å². The third-order valence-electron chi connectivity index (χ3n) is 4.46. The second-order valence-electron chi connectivity index (χ2n) is 6.18. The van der Waals surface area contributed by atoms with Crippen molar-refractivity contribution < 1.29 is 18.0 Å². The number of hydrogen-bond acceptors (Lipinski definition) is 2. The molecule has 2 aromatic rings. The summed E-state index contributed by atoms with van der Waals surface area (Å²) in [4.78, 5) is 28.4. The molecule has 1 amide bonds. The van der Waals surface area contributed by atoms with Gasteiger partial charge in [0.1, 0.15) is 5.82 Å². The van der Waals surface area contributed by atoms with E-state index in [1.807, 2.05) is 0 Å². The highest BCUT2D eigenvalue weighted by Gasteiger charge is 2.29. The molecule has 0 unspecified atom stereocenters. The molecular weight excluding hydrogens is 321 g/mol. The number of carbonyl (C=O) groups is 1. The van der Waals surface area contributed by atoms with Gasteiger partial charge in [-0.15, -0.1) is 0 Å². The Morgan fingerprint density at radius 3 is 2.54 bits per heavy atom. The van der Waals surface area contributed by atoms with Crippen LogP contribution in [0.15, 0.2) is 23.0 Å². The van der Waals surface area contributed by atoms with Gasteiger partial charge in [-0.25, -0.2) is 13.2 Å². The highest BCUT2D eigenvalue weighted by molar-refractivity contribution is 6.06. The number of fused-ring (bicyclic) bond motifs is 1. The van der Waals surface area contributed by atoms with E-state index in [0.29, 0.717) is 10.9 Å². The molecule has 0 atom stereocenters. The van der Waals surface area contributed by atoms with Gasteiger partial charge in [-0.2, -0.15) is 0 Å². The normalized spacial score (nSPS) is 16.1. The fraction of sp³-hybridized carbons (Fsp3) is 0.412. The molecule has 1 aliphatic heterocycles. The van der Waals surface area contributed by atoms with Gasteiger partial charge in [0.15, 0.2) is 0 Å². The first-order chi connectivity index (χ1) is 11.4. The molecule has 0 saturated carbocycles. The monoisotopic (exact) mass is 338 g/mol. The molecule has 1 N–H and O–H groups in total. The molecule has 0 aliphatic carbocycles. The van der Waals surface area contributed by atoms with Crippen LogP contribution in [0.1, 0.15) is 28.8 Å². The van der Waals surface area contributed by atoms with E-state index >= 15 is 0 Å². The van der Waals surface area contributed by atoms with Gasteiger partial charge in [-0.1, -0.05) is 0 Å². The largest absolute Gasteiger partial charge is 0.339 e. The molecule has 1 aromatic heterocycles. The highest BCUT2D eigenvalue weighted by atomic mass is 19.3. The van der Waals surface area contributed by atoms with Gasteiger partial charge in [0, 0.05) is 30.5 Å². The molecule has 0 spiro atoms. The summed E-state index contributed by atoms with van der Waals surface area (Å²) in [6, 6.07) is 4.05. The number of likely N-dealkylation sites (tertiary alicyclic amines) is 1. The zero-order valence-electron chi connectivity index (χ0n) is 13.1. The highest BCUT2D eigenvalue weighted by Crippen LogP contribution is 2.26. The topological polar surface area (TPSA) is 53.2 Å².